The maximum absolute atomic E-state index is 11.5. The first-order chi connectivity index (χ1) is 6.25. The Morgan fingerprint density at radius 2 is 2.15 bits per heavy atom. The molecule has 1 heterocycles. The SMILES string of the molecule is CN(CCN)C(=O)c1cncnc1. The molecular weight excluding hydrogens is 168 g/mol. The first kappa shape index (κ1) is 9.60. The van der Waals surface area contributed by atoms with Gasteiger partial charge in [0.15, 0.2) is 0 Å². The van der Waals surface area contributed by atoms with E-state index in [-0.39, 0.29) is 5.91 Å². The van der Waals surface area contributed by atoms with E-state index in [0.717, 1.165) is 0 Å². The molecule has 70 valence electrons. The van der Waals surface area contributed by atoms with E-state index in [1.54, 1.807) is 11.9 Å². The highest BCUT2D eigenvalue weighted by atomic mass is 16.2. The molecule has 0 radical (unpaired) electrons. The lowest BCUT2D eigenvalue weighted by Gasteiger charge is -2.14. The Hall–Kier alpha value is -1.49. The van der Waals surface area contributed by atoms with E-state index >= 15 is 0 Å². The van der Waals surface area contributed by atoms with Crippen LogP contribution in [0.4, 0.5) is 0 Å². The fraction of sp³-hybridized carbons (Fsp3) is 0.375. The number of likely N-dealkylation sites (N-methyl/N-ethyl adjacent to an activating group) is 1. The summed E-state index contributed by atoms with van der Waals surface area (Å²) in [5, 5.41) is 0. The smallest absolute Gasteiger partial charge is 0.256 e. The maximum atomic E-state index is 11.5. The van der Waals surface area contributed by atoms with Crippen LogP contribution in [-0.4, -0.2) is 40.9 Å². The van der Waals surface area contributed by atoms with Gasteiger partial charge in [-0.15, -0.1) is 0 Å². The predicted molar refractivity (Wildman–Crippen MR) is 48.0 cm³/mol. The summed E-state index contributed by atoms with van der Waals surface area (Å²) in [6.45, 7) is 0.990. The summed E-state index contributed by atoms with van der Waals surface area (Å²) in [7, 11) is 1.70. The van der Waals surface area contributed by atoms with Crippen molar-refractivity contribution in [2.24, 2.45) is 5.73 Å². The van der Waals surface area contributed by atoms with E-state index in [9.17, 15) is 4.79 Å². The molecule has 0 atom stereocenters. The summed E-state index contributed by atoms with van der Waals surface area (Å²) in [6.07, 6.45) is 4.37. The number of hydrogen-bond acceptors (Lipinski definition) is 4. The van der Waals surface area contributed by atoms with Gasteiger partial charge in [-0.2, -0.15) is 0 Å². The van der Waals surface area contributed by atoms with E-state index < -0.39 is 0 Å². The number of amides is 1. The van der Waals surface area contributed by atoms with Gasteiger partial charge in [-0.25, -0.2) is 9.97 Å². The van der Waals surface area contributed by atoms with Crippen molar-refractivity contribution in [3.8, 4) is 0 Å². The third-order valence-electron chi connectivity index (χ3n) is 1.62. The standard InChI is InChI=1S/C8H12N4O/c1-12(3-2-9)8(13)7-4-10-6-11-5-7/h4-6H,2-3,9H2,1H3. The van der Waals surface area contributed by atoms with Crippen LogP contribution in [0.25, 0.3) is 0 Å². The van der Waals surface area contributed by atoms with Crippen LogP contribution in [-0.2, 0) is 0 Å². The van der Waals surface area contributed by atoms with E-state index in [0.29, 0.717) is 18.7 Å². The summed E-state index contributed by atoms with van der Waals surface area (Å²) in [5.41, 5.74) is 5.80. The van der Waals surface area contributed by atoms with Gasteiger partial charge >= 0.3 is 0 Å². The lowest BCUT2D eigenvalue weighted by atomic mass is 10.3. The minimum atomic E-state index is -0.106. The van der Waals surface area contributed by atoms with Gasteiger partial charge in [0.2, 0.25) is 0 Å². The van der Waals surface area contributed by atoms with Crippen molar-refractivity contribution in [1.29, 1.82) is 0 Å². The Labute approximate surface area is 76.6 Å². The van der Waals surface area contributed by atoms with Gasteiger partial charge in [-0.1, -0.05) is 0 Å². The molecule has 2 N–H and O–H groups in total. The number of carbonyl (C=O) groups excluding carboxylic acids is 1. The molecule has 0 aromatic carbocycles. The highest BCUT2D eigenvalue weighted by molar-refractivity contribution is 5.93. The highest BCUT2D eigenvalue weighted by Crippen LogP contribution is 1.98. The van der Waals surface area contributed by atoms with Crippen molar-refractivity contribution in [2.75, 3.05) is 20.1 Å². The Balaban J connectivity index is 2.68. The fourth-order valence-electron chi connectivity index (χ4n) is 0.925. The number of nitrogens with zero attached hydrogens (tertiary/aromatic N) is 3. The largest absolute Gasteiger partial charge is 0.340 e. The van der Waals surface area contributed by atoms with Gasteiger partial charge in [0.25, 0.3) is 5.91 Å². The average Bonchev–Trinajstić information content (AvgIpc) is 2.18. The van der Waals surface area contributed by atoms with Crippen LogP contribution in [0.3, 0.4) is 0 Å². The zero-order chi connectivity index (χ0) is 9.68. The highest BCUT2D eigenvalue weighted by Gasteiger charge is 2.10. The van der Waals surface area contributed by atoms with E-state index in [1.807, 2.05) is 0 Å². The molecule has 1 rings (SSSR count). The first-order valence-electron chi connectivity index (χ1n) is 3.96. The predicted octanol–water partition coefficient (Wildman–Crippen LogP) is -0.493. The molecule has 0 aliphatic carbocycles. The van der Waals surface area contributed by atoms with Crippen LogP contribution in [0.5, 0.6) is 0 Å². The van der Waals surface area contributed by atoms with E-state index in [1.165, 1.54) is 18.7 Å². The van der Waals surface area contributed by atoms with Crippen molar-refractivity contribution in [2.45, 2.75) is 0 Å². The van der Waals surface area contributed by atoms with Crippen LogP contribution in [0.2, 0.25) is 0 Å². The van der Waals surface area contributed by atoms with Crippen LogP contribution in [0.15, 0.2) is 18.7 Å². The van der Waals surface area contributed by atoms with Crippen LogP contribution >= 0.6 is 0 Å². The van der Waals surface area contributed by atoms with Crippen molar-refractivity contribution in [3.63, 3.8) is 0 Å². The molecule has 1 aromatic rings. The minimum absolute atomic E-state index is 0.106. The molecule has 0 saturated heterocycles. The van der Waals surface area contributed by atoms with Gasteiger partial charge in [-0.3, -0.25) is 4.79 Å². The van der Waals surface area contributed by atoms with Gasteiger partial charge in [0.1, 0.15) is 6.33 Å². The Bertz CT molecular complexity index is 275. The monoisotopic (exact) mass is 180 g/mol. The zero-order valence-electron chi connectivity index (χ0n) is 7.47. The zero-order valence-corrected chi connectivity index (χ0v) is 7.47. The number of rotatable bonds is 3. The van der Waals surface area contributed by atoms with Crippen molar-refractivity contribution >= 4 is 5.91 Å². The summed E-state index contributed by atoms with van der Waals surface area (Å²) in [4.78, 5) is 20.6. The fourth-order valence-corrected chi connectivity index (χ4v) is 0.925. The van der Waals surface area contributed by atoms with Gasteiger partial charge < -0.3 is 10.6 Å². The molecule has 1 amide bonds. The molecule has 0 saturated carbocycles. The second-order valence-electron chi connectivity index (χ2n) is 2.64. The van der Waals surface area contributed by atoms with Gasteiger partial charge in [0.05, 0.1) is 5.56 Å². The molecule has 0 fully saturated rings. The van der Waals surface area contributed by atoms with E-state index in [2.05, 4.69) is 9.97 Å². The first-order valence-corrected chi connectivity index (χ1v) is 3.96. The average molecular weight is 180 g/mol. The maximum Gasteiger partial charge on any atom is 0.256 e. The molecule has 0 unspecified atom stereocenters. The third-order valence-corrected chi connectivity index (χ3v) is 1.62. The van der Waals surface area contributed by atoms with Crippen molar-refractivity contribution in [1.82, 2.24) is 14.9 Å². The molecule has 1 aromatic heterocycles. The number of carbonyl (C=O) groups is 1. The number of nitrogens with two attached hydrogens (primary N) is 1. The molecule has 5 heteroatoms. The quantitative estimate of drug-likeness (QED) is 0.681. The molecule has 13 heavy (non-hydrogen) atoms. The molecule has 0 aliphatic rings. The minimum Gasteiger partial charge on any atom is -0.340 e. The second kappa shape index (κ2) is 4.51. The topological polar surface area (TPSA) is 72.1 Å². The third kappa shape index (κ3) is 2.48. The Morgan fingerprint density at radius 3 is 2.69 bits per heavy atom. The molecule has 5 nitrogen and oxygen atoms in total. The van der Waals surface area contributed by atoms with Crippen molar-refractivity contribution in [3.05, 3.63) is 24.3 Å². The Kier molecular flexibility index (Phi) is 3.33. The molecular formula is C8H12N4O. The van der Waals surface area contributed by atoms with Crippen LogP contribution < -0.4 is 5.73 Å². The molecule has 0 aliphatic heterocycles. The summed E-state index contributed by atoms with van der Waals surface area (Å²) < 4.78 is 0. The molecule has 0 bridgehead atoms. The lowest BCUT2D eigenvalue weighted by Crippen LogP contribution is -2.31. The summed E-state index contributed by atoms with van der Waals surface area (Å²) >= 11 is 0. The van der Waals surface area contributed by atoms with Gasteiger partial charge in [-0.05, 0) is 0 Å². The number of hydrogen-bond donors (Lipinski definition) is 1. The Morgan fingerprint density at radius 1 is 1.54 bits per heavy atom. The van der Waals surface area contributed by atoms with E-state index in [4.69, 9.17) is 5.73 Å². The summed E-state index contributed by atoms with van der Waals surface area (Å²) in [5.74, 6) is -0.106. The van der Waals surface area contributed by atoms with Gasteiger partial charge in [0, 0.05) is 32.5 Å². The lowest BCUT2D eigenvalue weighted by molar-refractivity contribution is 0.0798. The summed E-state index contributed by atoms with van der Waals surface area (Å²) in [6, 6.07) is 0. The second-order valence-corrected chi connectivity index (χ2v) is 2.64. The molecule has 0 spiro atoms. The van der Waals surface area contributed by atoms with Crippen molar-refractivity contribution < 1.29 is 4.79 Å². The number of aromatic nitrogens is 2. The van der Waals surface area contributed by atoms with Crippen LogP contribution in [0, 0.1) is 0 Å². The normalized spacial score (nSPS) is 9.69. The van der Waals surface area contributed by atoms with Crippen LogP contribution in [0.1, 0.15) is 10.4 Å².